The molecule has 2 aliphatic rings. The third-order valence-corrected chi connectivity index (χ3v) is 4.50. The van der Waals surface area contributed by atoms with Crippen LogP contribution in [-0.2, 0) is 19.1 Å². The fourth-order valence-electron chi connectivity index (χ4n) is 3.22. The number of hydrogen-bond acceptors (Lipinski definition) is 5. The number of nitrogens with zero attached hydrogens (tertiary/aromatic N) is 2. The first-order chi connectivity index (χ1) is 12.1. The molecule has 7 nitrogen and oxygen atoms in total. The number of amides is 2. The van der Waals surface area contributed by atoms with Crippen LogP contribution in [0.4, 0.5) is 5.69 Å². The second-order valence-corrected chi connectivity index (χ2v) is 6.17. The molecule has 0 aliphatic carbocycles. The number of hydrogen-bond donors (Lipinski definition) is 0. The lowest BCUT2D eigenvalue weighted by Gasteiger charge is -2.34. The molecular formula is C18H22N2O5. The molecule has 0 saturated carbocycles. The summed E-state index contributed by atoms with van der Waals surface area (Å²) >= 11 is 0. The maximum atomic E-state index is 12.7. The molecule has 134 valence electrons. The van der Waals surface area contributed by atoms with Crippen LogP contribution >= 0.6 is 0 Å². The second kappa shape index (κ2) is 7.55. The van der Waals surface area contributed by atoms with Crippen molar-refractivity contribution in [3.05, 3.63) is 24.3 Å². The third kappa shape index (κ3) is 3.75. The van der Waals surface area contributed by atoms with Gasteiger partial charge in [0.15, 0.2) is 6.61 Å². The van der Waals surface area contributed by atoms with Gasteiger partial charge in [0.25, 0.3) is 5.91 Å². The van der Waals surface area contributed by atoms with Crippen LogP contribution in [0.3, 0.4) is 0 Å². The van der Waals surface area contributed by atoms with E-state index in [1.54, 1.807) is 30.0 Å². The molecule has 3 rings (SSSR count). The number of esters is 1. The summed E-state index contributed by atoms with van der Waals surface area (Å²) in [6.45, 7) is 2.92. The molecule has 7 heteroatoms. The predicted molar refractivity (Wildman–Crippen MR) is 90.2 cm³/mol. The van der Waals surface area contributed by atoms with E-state index in [0.29, 0.717) is 31.1 Å². The fourth-order valence-corrected chi connectivity index (χ4v) is 3.22. The minimum Gasteiger partial charge on any atom is -0.482 e. The van der Waals surface area contributed by atoms with Crippen LogP contribution in [0.25, 0.3) is 0 Å². The average Bonchev–Trinajstić information content (AvgIpc) is 2.64. The molecule has 1 atom stereocenters. The van der Waals surface area contributed by atoms with Crippen molar-refractivity contribution in [2.75, 3.05) is 37.7 Å². The normalized spacial score (nSPS) is 19.9. The van der Waals surface area contributed by atoms with Crippen LogP contribution in [-0.4, -0.2) is 55.5 Å². The Morgan fingerprint density at radius 3 is 2.92 bits per heavy atom. The SMILES string of the molecule is CCOC(=O)C1CCCN(C(=O)CN2C(=O)COc3ccccc32)C1. The lowest BCUT2D eigenvalue weighted by Crippen LogP contribution is -2.49. The number of para-hydroxylation sites is 2. The van der Waals surface area contributed by atoms with Gasteiger partial charge in [-0.25, -0.2) is 0 Å². The van der Waals surface area contributed by atoms with Crippen LogP contribution in [0.15, 0.2) is 24.3 Å². The predicted octanol–water partition coefficient (Wildman–Crippen LogP) is 1.21. The Balaban J connectivity index is 1.68. The molecule has 1 aromatic carbocycles. The first-order valence-corrected chi connectivity index (χ1v) is 8.56. The maximum Gasteiger partial charge on any atom is 0.310 e. The van der Waals surface area contributed by atoms with E-state index in [-0.39, 0.29) is 36.9 Å². The van der Waals surface area contributed by atoms with Crippen LogP contribution in [0.5, 0.6) is 5.75 Å². The molecule has 2 aliphatic heterocycles. The van der Waals surface area contributed by atoms with E-state index in [1.165, 1.54) is 4.90 Å². The van der Waals surface area contributed by atoms with Gasteiger partial charge in [-0.2, -0.15) is 0 Å². The molecule has 0 aromatic heterocycles. The number of carbonyl (C=O) groups is 3. The smallest absolute Gasteiger partial charge is 0.310 e. The van der Waals surface area contributed by atoms with Crippen molar-refractivity contribution >= 4 is 23.5 Å². The van der Waals surface area contributed by atoms with E-state index in [2.05, 4.69) is 0 Å². The number of rotatable bonds is 4. The van der Waals surface area contributed by atoms with Gasteiger partial charge >= 0.3 is 5.97 Å². The number of benzene rings is 1. The first kappa shape index (κ1) is 17.3. The van der Waals surface area contributed by atoms with Crippen molar-refractivity contribution in [1.82, 2.24) is 4.90 Å². The average molecular weight is 346 g/mol. The van der Waals surface area contributed by atoms with E-state index in [0.717, 1.165) is 12.8 Å². The molecule has 0 spiro atoms. The number of ether oxygens (including phenoxy) is 2. The van der Waals surface area contributed by atoms with E-state index in [9.17, 15) is 14.4 Å². The van der Waals surface area contributed by atoms with Crippen molar-refractivity contribution in [3.8, 4) is 5.75 Å². The van der Waals surface area contributed by atoms with Gasteiger partial charge in [0.2, 0.25) is 5.91 Å². The minimum atomic E-state index is -0.287. The Morgan fingerprint density at radius 1 is 1.32 bits per heavy atom. The second-order valence-electron chi connectivity index (χ2n) is 6.17. The standard InChI is InChI=1S/C18H22N2O5/c1-2-24-18(23)13-6-5-9-19(10-13)16(21)11-20-14-7-3-4-8-15(14)25-12-17(20)22/h3-4,7-8,13H,2,5-6,9-12H2,1H3. The van der Waals surface area contributed by atoms with Crippen molar-refractivity contribution < 1.29 is 23.9 Å². The van der Waals surface area contributed by atoms with Gasteiger partial charge in [-0.05, 0) is 31.9 Å². The number of fused-ring (bicyclic) bond motifs is 1. The molecule has 2 heterocycles. The molecular weight excluding hydrogens is 324 g/mol. The molecule has 1 fully saturated rings. The Bertz CT molecular complexity index is 675. The zero-order valence-corrected chi connectivity index (χ0v) is 14.3. The van der Waals surface area contributed by atoms with E-state index >= 15 is 0 Å². The van der Waals surface area contributed by atoms with Crippen LogP contribution in [0, 0.1) is 5.92 Å². The quantitative estimate of drug-likeness (QED) is 0.766. The lowest BCUT2D eigenvalue weighted by molar-refractivity contribution is -0.151. The van der Waals surface area contributed by atoms with Gasteiger partial charge in [-0.1, -0.05) is 12.1 Å². The molecule has 0 radical (unpaired) electrons. The minimum absolute atomic E-state index is 0.0469. The molecule has 2 amide bonds. The van der Waals surface area contributed by atoms with E-state index in [4.69, 9.17) is 9.47 Å². The zero-order chi connectivity index (χ0) is 17.8. The first-order valence-electron chi connectivity index (χ1n) is 8.56. The third-order valence-electron chi connectivity index (χ3n) is 4.50. The largest absolute Gasteiger partial charge is 0.482 e. The number of anilines is 1. The summed E-state index contributed by atoms with van der Waals surface area (Å²) in [4.78, 5) is 39.9. The molecule has 0 N–H and O–H groups in total. The van der Waals surface area contributed by atoms with Crippen LogP contribution in [0.2, 0.25) is 0 Å². The van der Waals surface area contributed by atoms with Gasteiger partial charge < -0.3 is 14.4 Å². The Kier molecular flexibility index (Phi) is 5.21. The number of carbonyl (C=O) groups excluding carboxylic acids is 3. The van der Waals surface area contributed by atoms with Gasteiger partial charge in [0.05, 0.1) is 18.2 Å². The molecule has 1 aromatic rings. The summed E-state index contributed by atoms with van der Waals surface area (Å²) in [5.74, 6) is -0.360. The zero-order valence-electron chi connectivity index (χ0n) is 14.3. The topological polar surface area (TPSA) is 76.2 Å². The summed E-state index contributed by atoms with van der Waals surface area (Å²) in [6.07, 6.45) is 1.48. The molecule has 1 unspecified atom stereocenters. The fraction of sp³-hybridized carbons (Fsp3) is 0.500. The summed E-state index contributed by atoms with van der Waals surface area (Å²) in [6, 6.07) is 7.16. The Hall–Kier alpha value is -2.57. The number of piperidine rings is 1. The lowest BCUT2D eigenvalue weighted by atomic mass is 9.98. The molecule has 25 heavy (non-hydrogen) atoms. The monoisotopic (exact) mass is 346 g/mol. The molecule has 0 bridgehead atoms. The van der Waals surface area contributed by atoms with Crippen molar-refractivity contribution in [2.45, 2.75) is 19.8 Å². The molecule has 1 saturated heterocycles. The van der Waals surface area contributed by atoms with Crippen LogP contribution in [0.1, 0.15) is 19.8 Å². The van der Waals surface area contributed by atoms with Crippen molar-refractivity contribution in [3.63, 3.8) is 0 Å². The summed E-state index contributed by atoms with van der Waals surface area (Å²) in [5.41, 5.74) is 0.603. The van der Waals surface area contributed by atoms with Crippen LogP contribution < -0.4 is 9.64 Å². The highest BCUT2D eigenvalue weighted by Gasteiger charge is 2.32. The van der Waals surface area contributed by atoms with E-state index in [1.807, 2.05) is 6.07 Å². The van der Waals surface area contributed by atoms with Crippen molar-refractivity contribution in [2.24, 2.45) is 5.92 Å². The van der Waals surface area contributed by atoms with Crippen molar-refractivity contribution in [1.29, 1.82) is 0 Å². The highest BCUT2D eigenvalue weighted by atomic mass is 16.5. The maximum absolute atomic E-state index is 12.7. The Morgan fingerprint density at radius 2 is 2.12 bits per heavy atom. The Labute approximate surface area is 146 Å². The van der Waals surface area contributed by atoms with Gasteiger partial charge in [0.1, 0.15) is 12.3 Å². The summed E-state index contributed by atoms with van der Waals surface area (Å²) < 4.78 is 10.5. The summed E-state index contributed by atoms with van der Waals surface area (Å²) in [7, 11) is 0. The van der Waals surface area contributed by atoms with Gasteiger partial charge in [-0.3, -0.25) is 19.3 Å². The number of likely N-dealkylation sites (tertiary alicyclic amines) is 1. The highest BCUT2D eigenvalue weighted by molar-refractivity contribution is 6.02. The van der Waals surface area contributed by atoms with E-state index < -0.39 is 0 Å². The van der Waals surface area contributed by atoms with Gasteiger partial charge in [-0.15, -0.1) is 0 Å². The van der Waals surface area contributed by atoms with Gasteiger partial charge in [0, 0.05) is 13.1 Å². The highest BCUT2D eigenvalue weighted by Crippen LogP contribution is 2.31. The summed E-state index contributed by atoms with van der Waals surface area (Å²) in [5, 5.41) is 0.